The zero-order chi connectivity index (χ0) is 27.8. The molecule has 6 atom stereocenters. The van der Waals surface area contributed by atoms with Gasteiger partial charge < -0.3 is 21.7 Å². The summed E-state index contributed by atoms with van der Waals surface area (Å²) in [5.74, 6) is -12.2. The van der Waals surface area contributed by atoms with E-state index in [1.54, 1.807) is 6.07 Å². The van der Waals surface area contributed by atoms with Crippen LogP contribution >= 0.6 is 0 Å². The summed E-state index contributed by atoms with van der Waals surface area (Å²) < 4.78 is 13.3. The number of aliphatic hydroxyl groups is 1. The molecule has 3 aliphatic carbocycles. The fourth-order valence-electron chi connectivity index (χ4n) is 6.45. The molecule has 198 valence electrons. The molecule has 0 saturated heterocycles. The number of Topliss-reactive ketones (excluding diaryl/α,β-unsaturated/α-hetero) is 4. The second-order valence-electron chi connectivity index (χ2n) is 10.4. The highest BCUT2D eigenvalue weighted by Crippen LogP contribution is 2.52. The van der Waals surface area contributed by atoms with Crippen molar-refractivity contribution in [2.45, 2.75) is 24.5 Å². The van der Waals surface area contributed by atoms with Crippen molar-refractivity contribution in [1.82, 2.24) is 9.88 Å². The van der Waals surface area contributed by atoms with Crippen LogP contribution in [-0.2, 0) is 25.6 Å². The molecule has 1 aromatic carbocycles. The van der Waals surface area contributed by atoms with E-state index in [0.29, 0.717) is 16.7 Å². The molecule has 1 amide bonds. The van der Waals surface area contributed by atoms with Gasteiger partial charge in [-0.25, -0.2) is 4.98 Å². The van der Waals surface area contributed by atoms with Gasteiger partial charge in [-0.2, -0.15) is 4.39 Å². The van der Waals surface area contributed by atoms with E-state index in [4.69, 9.17) is 11.5 Å². The summed E-state index contributed by atoms with van der Waals surface area (Å²) in [4.78, 5) is 70.9. The Morgan fingerprint density at radius 2 is 1.87 bits per heavy atom. The normalized spacial score (nSPS) is 30.6. The number of carbonyl (C=O) groups excluding carboxylic acids is 5. The van der Waals surface area contributed by atoms with Crippen LogP contribution in [0.2, 0.25) is 0 Å². The first-order valence-electron chi connectivity index (χ1n) is 11.9. The third kappa shape index (κ3) is 3.33. The number of likely N-dealkylation sites (N-methyl/N-ethyl adjacent to an activating group) is 1. The van der Waals surface area contributed by atoms with E-state index in [1.807, 2.05) is 0 Å². The number of primary amides is 1. The van der Waals surface area contributed by atoms with Crippen molar-refractivity contribution in [1.29, 1.82) is 0 Å². The highest BCUT2D eigenvalue weighted by atomic mass is 19.1. The number of nitrogens with two attached hydrogens (primary N) is 2. The smallest absolute Gasteiger partial charge is 0.235 e. The molecule has 0 aliphatic heterocycles. The lowest BCUT2D eigenvalue weighted by Gasteiger charge is -2.52. The van der Waals surface area contributed by atoms with E-state index in [9.17, 15) is 38.6 Å². The van der Waals surface area contributed by atoms with Crippen LogP contribution in [0.5, 0.6) is 5.75 Å². The van der Waals surface area contributed by atoms with Gasteiger partial charge in [0.15, 0.2) is 34.7 Å². The molecule has 1 aromatic heterocycles. The van der Waals surface area contributed by atoms with Crippen molar-refractivity contribution in [2.75, 3.05) is 19.8 Å². The lowest BCUT2D eigenvalue weighted by molar-refractivity contribution is -0.181. The minimum Gasteiger partial charge on any atom is -0.505 e. The number of rotatable bonds is 3. The molecule has 0 spiro atoms. The molecule has 0 radical (unpaired) electrons. The predicted molar refractivity (Wildman–Crippen MR) is 129 cm³/mol. The third-order valence-corrected chi connectivity index (χ3v) is 8.13. The summed E-state index contributed by atoms with van der Waals surface area (Å²) in [5.41, 5.74) is 9.27. The molecule has 2 saturated carbocycles. The average Bonchev–Trinajstić information content (AvgIpc) is 2.83. The van der Waals surface area contributed by atoms with Crippen LogP contribution < -0.4 is 11.5 Å². The number of anilines is 1. The summed E-state index contributed by atoms with van der Waals surface area (Å²) in [6.45, 7) is 0. The maximum atomic E-state index is 13.8. The molecule has 3 aliphatic rings. The zero-order valence-electron chi connectivity index (χ0n) is 20.5. The van der Waals surface area contributed by atoms with Gasteiger partial charge in [0.2, 0.25) is 11.9 Å². The number of amides is 1. The Balaban J connectivity index is 1.64. The van der Waals surface area contributed by atoms with Gasteiger partial charge >= 0.3 is 0 Å². The highest BCUT2D eigenvalue weighted by molar-refractivity contribution is 6.32. The largest absolute Gasteiger partial charge is 0.505 e. The first kappa shape index (κ1) is 25.6. The quantitative estimate of drug-likeness (QED) is 0.178. The Morgan fingerprint density at radius 1 is 1.18 bits per heavy atom. The van der Waals surface area contributed by atoms with E-state index in [0.717, 1.165) is 6.07 Å². The molecule has 2 aromatic rings. The number of aromatic hydroxyl groups is 1. The number of carbonyl (C=O) groups is 5. The third-order valence-electron chi connectivity index (χ3n) is 8.13. The second kappa shape index (κ2) is 8.50. The van der Waals surface area contributed by atoms with Crippen LogP contribution in [0.25, 0.3) is 11.1 Å². The minimum atomic E-state index is -2.79. The fourth-order valence-corrected chi connectivity index (χ4v) is 6.45. The van der Waals surface area contributed by atoms with Gasteiger partial charge in [-0.1, -0.05) is 0 Å². The number of ketones is 4. The molecule has 0 bridgehead atoms. The maximum Gasteiger partial charge on any atom is 0.235 e. The van der Waals surface area contributed by atoms with Gasteiger partial charge in [-0.05, 0) is 56.6 Å². The second-order valence-corrected chi connectivity index (χ2v) is 10.4. The molecule has 5 rings (SSSR count). The number of aromatic nitrogens is 1. The molecular formula is C26H25FN4O7. The van der Waals surface area contributed by atoms with Gasteiger partial charge in [0.05, 0.1) is 23.2 Å². The average molecular weight is 525 g/mol. The van der Waals surface area contributed by atoms with Crippen LogP contribution in [0.3, 0.4) is 0 Å². The number of nitrogen functional groups attached to an aromatic ring is 1. The van der Waals surface area contributed by atoms with E-state index in [-0.39, 0.29) is 24.1 Å². The number of hydrogen-bond donors (Lipinski definition) is 4. The van der Waals surface area contributed by atoms with Crippen LogP contribution in [0, 0.1) is 29.6 Å². The van der Waals surface area contributed by atoms with Crippen LogP contribution in [0.4, 0.5) is 10.1 Å². The summed E-state index contributed by atoms with van der Waals surface area (Å²) >= 11 is 0. The molecule has 38 heavy (non-hydrogen) atoms. The SMILES string of the molecule is CN(C)[C@@H]1C(=O)C(C(N)=O)C(=O)[C@@]2(O)C(=O)C3C(=O)c4c(cc(-c5ccc(F)nc5)c(N)c4O)C[C@H]3C[C@@H]12. The number of phenolic OH excluding ortho intramolecular Hbond substituents is 1. The maximum absolute atomic E-state index is 13.8. The molecular weight excluding hydrogens is 499 g/mol. The standard InChI is InChI=1S/C26H25FN4O7/c1-31(2)19-13-7-11-5-10-6-12(9-3-4-14(27)30-8-9)18(28)21(33)15(10)20(32)16(11)23(35)26(13,38)24(36)17(22(19)34)25(29)37/h3-4,6,8,11,13,16-17,19,33,38H,5,7,28H2,1-2H3,(H2,29,37)/t11-,13-,16?,17?,19-,26-/m0/s1. The van der Waals surface area contributed by atoms with Gasteiger partial charge in [0, 0.05) is 23.2 Å². The van der Waals surface area contributed by atoms with E-state index >= 15 is 0 Å². The Morgan fingerprint density at radius 3 is 2.45 bits per heavy atom. The Labute approximate surface area is 215 Å². The first-order chi connectivity index (χ1) is 17.8. The van der Waals surface area contributed by atoms with Gasteiger partial charge in [0.1, 0.15) is 5.75 Å². The molecule has 1 heterocycles. The van der Waals surface area contributed by atoms with Gasteiger partial charge in [-0.15, -0.1) is 0 Å². The summed E-state index contributed by atoms with van der Waals surface area (Å²) in [7, 11) is 3.02. The van der Waals surface area contributed by atoms with Crippen molar-refractivity contribution in [3.8, 4) is 16.9 Å². The van der Waals surface area contributed by atoms with E-state index in [1.165, 1.54) is 31.3 Å². The molecule has 11 nitrogen and oxygen atoms in total. The number of phenols is 1. The van der Waals surface area contributed by atoms with Crippen molar-refractivity contribution in [3.63, 3.8) is 0 Å². The lowest BCUT2D eigenvalue weighted by Crippen LogP contribution is -2.74. The van der Waals surface area contributed by atoms with Crippen molar-refractivity contribution in [3.05, 3.63) is 41.5 Å². The minimum absolute atomic E-state index is 0.0670. The first-order valence-corrected chi connectivity index (χ1v) is 11.9. The number of fused-ring (bicyclic) bond motifs is 3. The molecule has 6 N–H and O–H groups in total. The van der Waals surface area contributed by atoms with E-state index in [2.05, 4.69) is 4.98 Å². The topological polar surface area (TPSA) is 194 Å². The van der Waals surface area contributed by atoms with Gasteiger partial charge in [0.25, 0.3) is 0 Å². The number of pyridine rings is 1. The molecule has 12 heteroatoms. The highest BCUT2D eigenvalue weighted by Gasteiger charge is 2.69. The number of halogens is 1. The number of nitrogens with zero attached hydrogens (tertiary/aromatic N) is 2. The van der Waals surface area contributed by atoms with Crippen LogP contribution in [-0.4, -0.2) is 74.9 Å². The zero-order valence-corrected chi connectivity index (χ0v) is 20.5. The summed E-state index contributed by atoms with van der Waals surface area (Å²) in [6, 6.07) is 2.90. The van der Waals surface area contributed by atoms with Crippen molar-refractivity contribution < 1.29 is 38.6 Å². The Kier molecular flexibility index (Phi) is 5.73. The Bertz CT molecular complexity index is 1440. The summed E-state index contributed by atoms with van der Waals surface area (Å²) in [5, 5.41) is 22.5. The van der Waals surface area contributed by atoms with Gasteiger partial charge in [-0.3, -0.25) is 28.9 Å². The van der Waals surface area contributed by atoms with Crippen molar-refractivity contribution in [2.24, 2.45) is 29.4 Å². The molecule has 2 unspecified atom stereocenters. The number of benzene rings is 1. The molecule has 2 fully saturated rings. The predicted octanol–water partition coefficient (Wildman–Crippen LogP) is -0.350. The van der Waals surface area contributed by atoms with Crippen molar-refractivity contribution >= 4 is 34.7 Å². The van der Waals surface area contributed by atoms with Crippen LogP contribution in [0.15, 0.2) is 24.4 Å². The lowest BCUT2D eigenvalue weighted by atomic mass is 9.52. The Hall–Kier alpha value is -4.03. The summed E-state index contributed by atoms with van der Waals surface area (Å²) in [6.07, 6.45) is 1.24. The number of hydrogen-bond acceptors (Lipinski definition) is 10. The van der Waals surface area contributed by atoms with Crippen LogP contribution in [0.1, 0.15) is 22.3 Å². The fraction of sp³-hybridized carbons (Fsp3) is 0.385. The van der Waals surface area contributed by atoms with E-state index < -0.39 is 76.1 Å². The monoisotopic (exact) mass is 524 g/mol.